The maximum absolute atomic E-state index is 2.47. The molecule has 17 heavy (non-hydrogen) atoms. The molecule has 0 saturated heterocycles. The van der Waals surface area contributed by atoms with Crippen molar-refractivity contribution in [3.8, 4) is 0 Å². The third kappa shape index (κ3) is 12.5. The van der Waals surface area contributed by atoms with Gasteiger partial charge in [-0.1, -0.05) is 0 Å². The largest absolute Gasteiger partial charge is 0.116 e. The van der Waals surface area contributed by atoms with Gasteiger partial charge in [0.05, 0.1) is 0 Å². The zero-order valence-electron chi connectivity index (χ0n) is 12.0. The molecule has 0 nitrogen and oxygen atoms in total. The van der Waals surface area contributed by atoms with Gasteiger partial charge in [-0.05, 0) is 20.0 Å². The Bertz CT molecular complexity index is 326. The Morgan fingerprint density at radius 3 is 2.24 bits per heavy atom. The van der Waals surface area contributed by atoms with E-state index in [1.807, 2.05) is 0 Å². The van der Waals surface area contributed by atoms with E-state index in [9.17, 15) is 0 Å². The van der Waals surface area contributed by atoms with Crippen LogP contribution in [0.25, 0.3) is 0 Å². The maximum atomic E-state index is 2.47. The molecule has 0 unspecified atom stereocenters. The summed E-state index contributed by atoms with van der Waals surface area (Å²) in [4.78, 5) is 0. The van der Waals surface area contributed by atoms with Gasteiger partial charge in [0.15, 0.2) is 0 Å². The first-order valence-corrected chi connectivity index (χ1v) is 11.3. The summed E-state index contributed by atoms with van der Waals surface area (Å²) < 4.78 is 4.15. The van der Waals surface area contributed by atoms with Crippen LogP contribution in [0.15, 0.2) is 42.5 Å². The van der Waals surface area contributed by atoms with Gasteiger partial charge in [0, 0.05) is 0 Å². The second-order valence-corrected chi connectivity index (χ2v) is 10.6. The van der Waals surface area contributed by atoms with E-state index < -0.39 is 0 Å². The normalized spacial score (nSPS) is 14.1. The van der Waals surface area contributed by atoms with Crippen LogP contribution in [0.5, 0.6) is 0 Å². The summed E-state index contributed by atoms with van der Waals surface area (Å²) in [6.07, 6.45) is 10.2. The second-order valence-electron chi connectivity index (χ2n) is 4.92. The van der Waals surface area contributed by atoms with Crippen molar-refractivity contribution in [2.75, 3.05) is 20.0 Å². The van der Waals surface area contributed by atoms with Crippen molar-refractivity contribution in [1.82, 2.24) is 0 Å². The quantitative estimate of drug-likeness (QED) is 0.497. The smallest absolute Gasteiger partial charge is 0.0449 e. The summed E-state index contributed by atoms with van der Waals surface area (Å²) >= 11 is -0.382. The molecule has 0 spiro atoms. The van der Waals surface area contributed by atoms with E-state index in [0.29, 0.717) is 7.92 Å². The predicted octanol–water partition coefficient (Wildman–Crippen LogP) is 5.14. The first-order valence-electron chi connectivity index (χ1n) is 5.96. The van der Waals surface area contributed by atoms with Gasteiger partial charge in [-0.3, -0.25) is 0 Å². The van der Waals surface area contributed by atoms with Gasteiger partial charge in [0.25, 0.3) is 0 Å². The van der Waals surface area contributed by atoms with E-state index in [0.717, 1.165) is 0 Å². The summed E-state index contributed by atoms with van der Waals surface area (Å²) in [5.41, 5.74) is 2.84. The van der Waals surface area contributed by atoms with Crippen molar-refractivity contribution in [2.24, 2.45) is 0 Å². The molecule has 0 amide bonds. The minimum absolute atomic E-state index is 0.380. The van der Waals surface area contributed by atoms with Gasteiger partial charge in [0.2, 0.25) is 0 Å². The van der Waals surface area contributed by atoms with Crippen molar-refractivity contribution in [1.29, 1.82) is 0 Å². The molecule has 0 aromatic rings. The Balaban J connectivity index is 0.000000557. The molecule has 94 valence electrons. The number of hydrogen-bond donors (Lipinski definition) is 0. The molecule has 0 atom stereocenters. The van der Waals surface area contributed by atoms with Crippen molar-refractivity contribution in [2.45, 2.75) is 27.2 Å². The molecule has 1 aliphatic carbocycles. The van der Waals surface area contributed by atoms with Crippen LogP contribution < -0.4 is 0 Å². The van der Waals surface area contributed by atoms with E-state index in [4.69, 9.17) is 0 Å². The van der Waals surface area contributed by atoms with Crippen LogP contribution in [0.2, 0.25) is 0 Å². The third-order valence-corrected chi connectivity index (χ3v) is 5.07. The summed E-state index contributed by atoms with van der Waals surface area (Å²) in [6, 6.07) is 0. The van der Waals surface area contributed by atoms with Crippen LogP contribution in [0.3, 0.4) is 0 Å². The minimum atomic E-state index is -0.382. The summed E-state index contributed by atoms with van der Waals surface area (Å²) in [5, 5.41) is 0. The summed E-state index contributed by atoms with van der Waals surface area (Å²) in [7, 11) is 0.380. The fourth-order valence-electron chi connectivity index (χ4n) is 1.26. The first-order chi connectivity index (χ1) is 7.91. The number of rotatable bonds is 3. The van der Waals surface area contributed by atoms with Gasteiger partial charge >= 0.3 is 92.9 Å². The Labute approximate surface area is 120 Å². The standard InChI is InChI=1S/C7H11.C5H5.C3H9P.Zr/c1-6(2)5-7(3)4;1-2-4-5-3-1;1-4(2)3;/h1,5H,2-4H3;1-3H,4H2;1-3H3;. The van der Waals surface area contributed by atoms with Crippen molar-refractivity contribution >= 4 is 7.92 Å². The zero-order chi connectivity index (χ0) is 13.3. The van der Waals surface area contributed by atoms with Gasteiger partial charge in [-0.25, -0.2) is 0 Å². The van der Waals surface area contributed by atoms with E-state index in [2.05, 4.69) is 68.9 Å². The van der Waals surface area contributed by atoms with Crippen molar-refractivity contribution in [3.05, 3.63) is 42.5 Å². The molecule has 1 rings (SSSR count). The van der Waals surface area contributed by atoms with Crippen molar-refractivity contribution in [3.63, 3.8) is 0 Å². The average Bonchev–Trinajstić information content (AvgIpc) is 2.64. The Morgan fingerprint density at radius 1 is 1.24 bits per heavy atom. The minimum Gasteiger partial charge on any atom is -0.116 e. The Hall–Kier alpha value is 0.273. The molecule has 0 radical (unpaired) electrons. The maximum Gasteiger partial charge on any atom is -0.0449 e. The van der Waals surface area contributed by atoms with E-state index in [1.54, 1.807) is 3.28 Å². The van der Waals surface area contributed by atoms with Gasteiger partial charge < -0.3 is 0 Å². The molecule has 0 saturated carbocycles. The van der Waals surface area contributed by atoms with Gasteiger partial charge in [-0.15, -0.1) is 7.92 Å². The molecule has 0 aromatic heterocycles. The Kier molecular flexibility index (Phi) is 10.4. The average molecular weight is 328 g/mol. The summed E-state index contributed by atoms with van der Waals surface area (Å²) in [6.45, 7) is 13.2. The van der Waals surface area contributed by atoms with E-state index >= 15 is 0 Å². The fraction of sp³-hybridized carbons (Fsp3) is 0.467. The van der Waals surface area contributed by atoms with Crippen LogP contribution in [0.1, 0.15) is 27.2 Å². The third-order valence-electron chi connectivity index (χ3n) is 1.77. The van der Waals surface area contributed by atoms with E-state index in [1.165, 1.54) is 17.6 Å². The topological polar surface area (TPSA) is 0 Å². The zero-order valence-corrected chi connectivity index (χ0v) is 15.4. The van der Waals surface area contributed by atoms with Crippen LogP contribution in [0, 0.1) is 0 Å². The Morgan fingerprint density at radius 2 is 1.82 bits per heavy atom. The molecular formula is C15H25PZr. The van der Waals surface area contributed by atoms with Crippen LogP contribution >= 0.6 is 7.92 Å². The van der Waals surface area contributed by atoms with Crippen LogP contribution in [0.4, 0.5) is 0 Å². The number of hydrogen-bond acceptors (Lipinski definition) is 0. The van der Waals surface area contributed by atoms with Crippen molar-refractivity contribution < 1.29 is 23.2 Å². The molecular weight excluding hydrogens is 302 g/mol. The monoisotopic (exact) mass is 326 g/mol. The first kappa shape index (κ1) is 17.3. The fourth-order valence-corrected chi connectivity index (χ4v) is 3.53. The van der Waals surface area contributed by atoms with Crippen LogP contribution in [-0.4, -0.2) is 20.0 Å². The van der Waals surface area contributed by atoms with Gasteiger partial charge in [0.1, 0.15) is 0 Å². The molecule has 0 N–H and O–H groups in total. The van der Waals surface area contributed by atoms with Crippen LogP contribution in [-0.2, 0) is 23.2 Å². The molecule has 0 fully saturated rings. The van der Waals surface area contributed by atoms with Gasteiger partial charge in [-0.2, -0.15) is 0 Å². The second kappa shape index (κ2) is 10.2. The molecule has 2 heteroatoms. The SMILES string of the molecule is CC(C)=C/C(C)=[CH]\[Zr][C]1=CC=CC1.CP(C)C. The summed E-state index contributed by atoms with van der Waals surface area (Å²) in [5.74, 6) is 0. The molecule has 1 aliphatic rings. The van der Waals surface area contributed by atoms with E-state index in [-0.39, 0.29) is 23.2 Å². The molecule has 0 aliphatic heterocycles. The molecule has 0 aromatic carbocycles. The molecule has 0 heterocycles. The number of allylic oxidation sites excluding steroid dienone is 7. The predicted molar refractivity (Wildman–Crippen MR) is 79.7 cm³/mol. The molecule has 0 bridgehead atoms.